The first kappa shape index (κ1) is 11.3. The Morgan fingerprint density at radius 1 is 0.812 bits per heavy atom. The van der Waals surface area contributed by atoms with Gasteiger partial charge >= 0.3 is 0 Å². The Hall–Kier alpha value is -1.19. The van der Waals surface area contributed by atoms with Crippen molar-refractivity contribution in [1.29, 1.82) is 0 Å². The maximum atomic E-state index is 5.72. The predicted molar refractivity (Wildman–Crippen MR) is 64.4 cm³/mol. The van der Waals surface area contributed by atoms with Gasteiger partial charge in [-0.1, -0.05) is 30.3 Å². The van der Waals surface area contributed by atoms with Crippen LogP contribution in [0.3, 0.4) is 0 Å². The molecule has 0 amide bonds. The van der Waals surface area contributed by atoms with Crippen LogP contribution in [0.15, 0.2) is 30.3 Å². The Labute approximate surface area is 103 Å². The molecule has 0 aliphatic rings. The number of hydrogen-bond donors (Lipinski definition) is 0. The molecule has 3 nitrogen and oxygen atoms in total. The Morgan fingerprint density at radius 2 is 1.38 bits per heavy atom. The molecule has 0 radical (unpaired) electrons. The first-order valence-electron chi connectivity index (χ1n) is 4.74. The molecule has 0 bridgehead atoms. The highest BCUT2D eigenvalue weighted by atomic mass is 35.5. The van der Waals surface area contributed by atoms with Gasteiger partial charge in [0.05, 0.1) is 11.8 Å². The summed E-state index contributed by atoms with van der Waals surface area (Å²) in [6.45, 7) is 0. The fourth-order valence-electron chi connectivity index (χ4n) is 1.30. The highest BCUT2D eigenvalue weighted by Crippen LogP contribution is 2.15. The second-order valence-electron chi connectivity index (χ2n) is 3.12. The minimum absolute atomic E-state index is 0.256. The van der Waals surface area contributed by atoms with E-state index >= 15 is 0 Å². The van der Waals surface area contributed by atoms with E-state index in [9.17, 15) is 0 Å². The normalized spacial score (nSPS) is 10.4. The molecular formula is C11H9Cl2N3. The zero-order valence-electron chi connectivity index (χ0n) is 8.40. The highest BCUT2D eigenvalue weighted by Gasteiger charge is 2.06. The van der Waals surface area contributed by atoms with Gasteiger partial charge in [-0.2, -0.15) is 0 Å². The fourth-order valence-corrected chi connectivity index (χ4v) is 1.54. The molecule has 1 aromatic heterocycles. The Kier molecular flexibility index (Phi) is 3.70. The number of aromatic nitrogens is 3. The average molecular weight is 254 g/mol. The molecule has 0 unspecified atom stereocenters. The first-order valence-corrected chi connectivity index (χ1v) is 5.81. The lowest BCUT2D eigenvalue weighted by Gasteiger charge is -2.03. The number of nitrogens with zero attached hydrogens (tertiary/aromatic N) is 3. The van der Waals surface area contributed by atoms with Crippen molar-refractivity contribution >= 4 is 23.2 Å². The standard InChI is InChI=1S/C11H9Cl2N3/c12-6-9-14-10(7-13)16-11(15-9)8-4-2-1-3-5-8/h1-5H,6-7H2. The summed E-state index contributed by atoms with van der Waals surface area (Å²) in [7, 11) is 0. The van der Waals surface area contributed by atoms with E-state index in [2.05, 4.69) is 15.0 Å². The van der Waals surface area contributed by atoms with Gasteiger partial charge in [-0.3, -0.25) is 0 Å². The molecule has 0 fully saturated rings. The molecule has 0 aliphatic carbocycles. The second kappa shape index (κ2) is 5.23. The van der Waals surface area contributed by atoms with E-state index in [4.69, 9.17) is 23.2 Å². The van der Waals surface area contributed by atoms with Gasteiger partial charge in [-0.15, -0.1) is 23.2 Å². The largest absolute Gasteiger partial charge is 0.215 e. The van der Waals surface area contributed by atoms with Crippen molar-refractivity contribution in [2.24, 2.45) is 0 Å². The van der Waals surface area contributed by atoms with Crippen LogP contribution >= 0.6 is 23.2 Å². The molecular weight excluding hydrogens is 245 g/mol. The molecule has 2 rings (SSSR count). The maximum Gasteiger partial charge on any atom is 0.163 e. The molecule has 2 aromatic rings. The molecule has 0 spiro atoms. The van der Waals surface area contributed by atoms with Gasteiger partial charge in [-0.25, -0.2) is 15.0 Å². The Balaban J connectivity index is 2.48. The van der Waals surface area contributed by atoms with Crippen molar-refractivity contribution in [3.8, 4) is 11.4 Å². The smallest absolute Gasteiger partial charge is 0.163 e. The fraction of sp³-hybridized carbons (Fsp3) is 0.182. The van der Waals surface area contributed by atoms with Crippen molar-refractivity contribution in [3.63, 3.8) is 0 Å². The lowest BCUT2D eigenvalue weighted by molar-refractivity contribution is 0.906. The van der Waals surface area contributed by atoms with Gasteiger partial charge in [0.25, 0.3) is 0 Å². The Morgan fingerprint density at radius 3 is 1.88 bits per heavy atom. The third-order valence-electron chi connectivity index (χ3n) is 2.00. The van der Waals surface area contributed by atoms with Crippen molar-refractivity contribution in [3.05, 3.63) is 42.0 Å². The van der Waals surface area contributed by atoms with Crippen LogP contribution < -0.4 is 0 Å². The molecule has 0 N–H and O–H groups in total. The Bertz CT molecular complexity index is 452. The van der Waals surface area contributed by atoms with E-state index in [0.717, 1.165) is 5.56 Å². The van der Waals surface area contributed by atoms with Gasteiger partial charge in [0.1, 0.15) is 11.6 Å². The van der Waals surface area contributed by atoms with Gasteiger partial charge in [0.2, 0.25) is 0 Å². The predicted octanol–water partition coefficient (Wildman–Crippen LogP) is 3.02. The number of benzene rings is 1. The van der Waals surface area contributed by atoms with Crippen LogP contribution in [0.1, 0.15) is 11.6 Å². The summed E-state index contributed by atoms with van der Waals surface area (Å²) >= 11 is 11.4. The summed E-state index contributed by atoms with van der Waals surface area (Å²) in [5, 5.41) is 0. The van der Waals surface area contributed by atoms with E-state index in [1.165, 1.54) is 0 Å². The van der Waals surface area contributed by atoms with Crippen LogP contribution in [-0.2, 0) is 11.8 Å². The van der Waals surface area contributed by atoms with Gasteiger partial charge in [-0.05, 0) is 0 Å². The summed E-state index contributed by atoms with van der Waals surface area (Å²) in [5.41, 5.74) is 0.933. The molecule has 5 heteroatoms. The second-order valence-corrected chi connectivity index (χ2v) is 3.66. The summed E-state index contributed by atoms with van der Waals surface area (Å²) in [4.78, 5) is 12.6. The quantitative estimate of drug-likeness (QED) is 0.790. The van der Waals surface area contributed by atoms with Crippen molar-refractivity contribution in [2.75, 3.05) is 0 Å². The first-order chi connectivity index (χ1) is 7.83. The zero-order chi connectivity index (χ0) is 11.4. The summed E-state index contributed by atoms with van der Waals surface area (Å²) in [6, 6.07) is 9.67. The van der Waals surface area contributed by atoms with Crippen molar-refractivity contribution in [2.45, 2.75) is 11.8 Å². The zero-order valence-corrected chi connectivity index (χ0v) is 9.91. The lowest BCUT2D eigenvalue weighted by Crippen LogP contribution is -2.02. The van der Waals surface area contributed by atoms with Gasteiger partial charge < -0.3 is 0 Å². The van der Waals surface area contributed by atoms with E-state index in [1.807, 2.05) is 30.3 Å². The third-order valence-corrected chi connectivity index (χ3v) is 2.48. The average Bonchev–Trinajstić information content (AvgIpc) is 2.39. The molecule has 1 aromatic carbocycles. The summed E-state index contributed by atoms with van der Waals surface area (Å²) < 4.78 is 0. The van der Waals surface area contributed by atoms with E-state index < -0.39 is 0 Å². The molecule has 0 saturated heterocycles. The molecule has 82 valence electrons. The van der Waals surface area contributed by atoms with Crippen LogP contribution in [0.25, 0.3) is 11.4 Å². The topological polar surface area (TPSA) is 38.7 Å². The minimum Gasteiger partial charge on any atom is -0.215 e. The SMILES string of the molecule is ClCc1nc(CCl)nc(-c2ccccc2)n1. The van der Waals surface area contributed by atoms with Crippen LogP contribution in [0, 0.1) is 0 Å². The molecule has 0 atom stereocenters. The van der Waals surface area contributed by atoms with Crippen LogP contribution in [0.4, 0.5) is 0 Å². The maximum absolute atomic E-state index is 5.72. The number of alkyl halides is 2. The van der Waals surface area contributed by atoms with Gasteiger partial charge in [0, 0.05) is 5.56 Å². The minimum atomic E-state index is 0.256. The summed E-state index contributed by atoms with van der Waals surface area (Å²) in [6.07, 6.45) is 0. The molecule has 0 saturated carbocycles. The highest BCUT2D eigenvalue weighted by molar-refractivity contribution is 6.17. The molecule has 1 heterocycles. The molecule has 16 heavy (non-hydrogen) atoms. The van der Waals surface area contributed by atoms with E-state index in [-0.39, 0.29) is 11.8 Å². The lowest BCUT2D eigenvalue weighted by atomic mass is 10.2. The van der Waals surface area contributed by atoms with Crippen LogP contribution in [0.5, 0.6) is 0 Å². The van der Waals surface area contributed by atoms with Crippen LogP contribution in [-0.4, -0.2) is 15.0 Å². The monoisotopic (exact) mass is 253 g/mol. The van der Waals surface area contributed by atoms with Gasteiger partial charge in [0.15, 0.2) is 5.82 Å². The number of halogens is 2. The number of rotatable bonds is 3. The van der Waals surface area contributed by atoms with Crippen molar-refractivity contribution < 1.29 is 0 Å². The molecule has 0 aliphatic heterocycles. The van der Waals surface area contributed by atoms with Crippen molar-refractivity contribution in [1.82, 2.24) is 15.0 Å². The van der Waals surface area contributed by atoms with E-state index in [1.54, 1.807) is 0 Å². The number of hydrogen-bond acceptors (Lipinski definition) is 3. The van der Waals surface area contributed by atoms with Crippen LogP contribution in [0.2, 0.25) is 0 Å². The third kappa shape index (κ3) is 2.49. The van der Waals surface area contributed by atoms with E-state index in [0.29, 0.717) is 17.5 Å². The summed E-state index contributed by atoms with van der Waals surface area (Å²) in [5.74, 6) is 2.22.